The minimum absolute atomic E-state index is 0.142. The number of amides is 1. The molecule has 5 rings (SSSR count). The van der Waals surface area contributed by atoms with Crippen LogP contribution >= 0.6 is 0 Å². The van der Waals surface area contributed by atoms with Crippen LogP contribution in [0.3, 0.4) is 0 Å². The van der Waals surface area contributed by atoms with Crippen LogP contribution in [0.5, 0.6) is 0 Å². The standard InChI is InChI=1S/C27H35N7O3S/c1-4-33-20-23(27(35)32-14-12-31(13-15-32)25-10-5-6-11-28-25)26(29-33)38(36,37)34-18-16-30(17-19-34)24-9-7-8-21(2)22(24)3/h5-11,20H,4,12-19H2,1-3H3. The molecule has 1 amide bonds. The highest BCUT2D eigenvalue weighted by Crippen LogP contribution is 2.27. The largest absolute Gasteiger partial charge is 0.369 e. The molecule has 2 aliphatic rings. The smallest absolute Gasteiger partial charge is 0.263 e. The van der Waals surface area contributed by atoms with Crippen molar-refractivity contribution in [2.45, 2.75) is 32.3 Å². The number of hydrogen-bond donors (Lipinski definition) is 0. The van der Waals surface area contributed by atoms with E-state index in [0.717, 1.165) is 11.5 Å². The summed E-state index contributed by atoms with van der Waals surface area (Å²) >= 11 is 0. The number of aromatic nitrogens is 3. The van der Waals surface area contributed by atoms with Crippen molar-refractivity contribution in [1.29, 1.82) is 0 Å². The second kappa shape index (κ2) is 10.7. The van der Waals surface area contributed by atoms with Crippen molar-refractivity contribution >= 4 is 27.4 Å². The van der Waals surface area contributed by atoms with Gasteiger partial charge in [0.05, 0.1) is 5.56 Å². The van der Waals surface area contributed by atoms with Crippen LogP contribution in [-0.4, -0.2) is 90.7 Å². The summed E-state index contributed by atoms with van der Waals surface area (Å²) < 4.78 is 30.5. The summed E-state index contributed by atoms with van der Waals surface area (Å²) in [5.41, 5.74) is 3.71. The molecule has 4 heterocycles. The minimum Gasteiger partial charge on any atom is -0.369 e. The van der Waals surface area contributed by atoms with E-state index < -0.39 is 10.0 Å². The van der Waals surface area contributed by atoms with Gasteiger partial charge in [0.1, 0.15) is 5.82 Å². The van der Waals surface area contributed by atoms with Crippen molar-refractivity contribution < 1.29 is 13.2 Å². The molecular weight excluding hydrogens is 502 g/mol. The van der Waals surface area contributed by atoms with Crippen molar-refractivity contribution in [2.75, 3.05) is 62.2 Å². The maximum Gasteiger partial charge on any atom is 0.263 e. The molecule has 0 spiro atoms. The molecule has 0 atom stereocenters. The summed E-state index contributed by atoms with van der Waals surface area (Å²) in [4.78, 5) is 24.0. The molecule has 0 radical (unpaired) electrons. The molecule has 1 aromatic carbocycles. The molecule has 0 aliphatic carbocycles. The fourth-order valence-electron chi connectivity index (χ4n) is 5.12. The van der Waals surface area contributed by atoms with Gasteiger partial charge in [-0.3, -0.25) is 9.48 Å². The molecule has 2 aliphatic heterocycles. The lowest BCUT2D eigenvalue weighted by molar-refractivity contribution is 0.0742. The fraction of sp³-hybridized carbons (Fsp3) is 0.444. The predicted octanol–water partition coefficient (Wildman–Crippen LogP) is 2.39. The molecule has 2 saturated heterocycles. The van der Waals surface area contributed by atoms with E-state index in [1.807, 2.05) is 31.2 Å². The second-order valence-electron chi connectivity index (χ2n) is 9.78. The average molecular weight is 538 g/mol. The van der Waals surface area contributed by atoms with Crippen molar-refractivity contribution in [3.05, 3.63) is 65.5 Å². The number of carbonyl (C=O) groups excluding carboxylic acids is 1. The monoisotopic (exact) mass is 537 g/mol. The van der Waals surface area contributed by atoms with Gasteiger partial charge in [-0.15, -0.1) is 0 Å². The number of rotatable bonds is 6. The molecule has 0 bridgehead atoms. The zero-order chi connectivity index (χ0) is 26.9. The number of benzene rings is 1. The molecule has 0 saturated carbocycles. The summed E-state index contributed by atoms with van der Waals surface area (Å²) in [6, 6.07) is 12.0. The second-order valence-corrected chi connectivity index (χ2v) is 11.6. The number of hydrogen-bond acceptors (Lipinski definition) is 7. The summed E-state index contributed by atoms with van der Waals surface area (Å²) in [6.45, 7) is 10.6. The summed E-state index contributed by atoms with van der Waals surface area (Å²) in [6.07, 6.45) is 3.33. The molecular formula is C27H35N7O3S. The Bertz CT molecular complexity index is 1390. The maximum atomic E-state index is 13.8. The van der Waals surface area contributed by atoms with Gasteiger partial charge >= 0.3 is 0 Å². The Kier molecular flexibility index (Phi) is 7.40. The Morgan fingerprint density at radius 1 is 0.895 bits per heavy atom. The zero-order valence-corrected chi connectivity index (χ0v) is 23.1. The van der Waals surface area contributed by atoms with E-state index in [4.69, 9.17) is 0 Å². The van der Waals surface area contributed by atoms with E-state index in [0.29, 0.717) is 58.9 Å². The van der Waals surface area contributed by atoms with Gasteiger partial charge in [-0.2, -0.15) is 9.40 Å². The van der Waals surface area contributed by atoms with Gasteiger partial charge in [-0.25, -0.2) is 13.4 Å². The quantitative estimate of drug-likeness (QED) is 0.477. The Morgan fingerprint density at radius 2 is 1.61 bits per heavy atom. The van der Waals surface area contributed by atoms with Crippen LogP contribution in [0.2, 0.25) is 0 Å². The Balaban J connectivity index is 1.31. The third-order valence-electron chi connectivity index (χ3n) is 7.56. The third kappa shape index (κ3) is 5.00. The van der Waals surface area contributed by atoms with E-state index >= 15 is 0 Å². The Hall–Kier alpha value is -3.44. The van der Waals surface area contributed by atoms with Gasteiger partial charge < -0.3 is 14.7 Å². The van der Waals surface area contributed by atoms with Crippen LogP contribution < -0.4 is 9.80 Å². The van der Waals surface area contributed by atoms with Gasteiger partial charge in [0.2, 0.25) is 5.03 Å². The van der Waals surface area contributed by atoms with Gasteiger partial charge in [0.25, 0.3) is 15.9 Å². The van der Waals surface area contributed by atoms with Crippen LogP contribution in [0.1, 0.15) is 28.4 Å². The lowest BCUT2D eigenvalue weighted by Crippen LogP contribution is -2.50. The molecule has 0 unspecified atom stereocenters. The van der Waals surface area contributed by atoms with Gasteiger partial charge in [-0.1, -0.05) is 18.2 Å². The van der Waals surface area contributed by atoms with E-state index in [9.17, 15) is 13.2 Å². The first-order valence-electron chi connectivity index (χ1n) is 13.1. The highest BCUT2D eigenvalue weighted by atomic mass is 32.2. The first-order valence-corrected chi connectivity index (χ1v) is 14.6. The van der Waals surface area contributed by atoms with Crippen molar-refractivity contribution in [3.63, 3.8) is 0 Å². The van der Waals surface area contributed by atoms with E-state index in [2.05, 4.69) is 45.9 Å². The highest BCUT2D eigenvalue weighted by molar-refractivity contribution is 7.89. The summed E-state index contributed by atoms with van der Waals surface area (Å²) in [7, 11) is -3.94. The van der Waals surface area contributed by atoms with Crippen molar-refractivity contribution in [2.24, 2.45) is 0 Å². The lowest BCUT2D eigenvalue weighted by Gasteiger charge is -2.36. The molecule has 2 aromatic heterocycles. The predicted molar refractivity (Wildman–Crippen MR) is 147 cm³/mol. The van der Waals surface area contributed by atoms with Gasteiger partial charge in [0, 0.05) is 77.0 Å². The minimum atomic E-state index is -3.94. The number of aryl methyl sites for hydroxylation is 2. The first-order chi connectivity index (χ1) is 18.3. The zero-order valence-electron chi connectivity index (χ0n) is 22.2. The molecule has 38 heavy (non-hydrogen) atoms. The first kappa shape index (κ1) is 26.2. The van der Waals surface area contributed by atoms with Crippen LogP contribution in [0.4, 0.5) is 11.5 Å². The van der Waals surface area contributed by atoms with Crippen molar-refractivity contribution in [1.82, 2.24) is 24.0 Å². The Labute approximate surface area is 224 Å². The maximum absolute atomic E-state index is 13.8. The molecule has 0 N–H and O–H groups in total. The SMILES string of the molecule is CCn1cc(C(=O)N2CCN(c3ccccn3)CC2)c(S(=O)(=O)N2CCN(c3cccc(C)c3C)CC2)n1. The topological polar surface area (TPSA) is 94.9 Å². The normalized spacial score (nSPS) is 17.2. The van der Waals surface area contributed by atoms with Crippen LogP contribution in [0.25, 0.3) is 0 Å². The number of nitrogens with zero attached hydrogens (tertiary/aromatic N) is 7. The number of carbonyl (C=O) groups is 1. The van der Waals surface area contributed by atoms with Gasteiger partial charge in [-0.05, 0) is 50.1 Å². The van der Waals surface area contributed by atoms with Crippen molar-refractivity contribution in [3.8, 4) is 0 Å². The summed E-state index contributed by atoms with van der Waals surface area (Å²) in [5, 5.41) is 4.22. The van der Waals surface area contributed by atoms with E-state index in [1.54, 1.807) is 17.3 Å². The molecule has 202 valence electrons. The van der Waals surface area contributed by atoms with Crippen LogP contribution in [0, 0.1) is 13.8 Å². The fourth-order valence-corrected chi connectivity index (χ4v) is 6.64. The Morgan fingerprint density at radius 3 is 2.26 bits per heavy atom. The van der Waals surface area contributed by atoms with Gasteiger partial charge in [0.15, 0.2) is 0 Å². The highest BCUT2D eigenvalue weighted by Gasteiger charge is 2.36. The summed E-state index contributed by atoms with van der Waals surface area (Å²) in [5.74, 6) is 0.583. The van der Waals surface area contributed by atoms with E-state index in [1.165, 1.54) is 20.1 Å². The van der Waals surface area contributed by atoms with Crippen LogP contribution in [0.15, 0.2) is 53.8 Å². The number of pyridine rings is 1. The molecule has 2 fully saturated rings. The number of sulfonamides is 1. The van der Waals surface area contributed by atoms with Crippen LogP contribution in [-0.2, 0) is 16.6 Å². The number of piperazine rings is 2. The molecule has 10 nitrogen and oxygen atoms in total. The number of anilines is 2. The third-order valence-corrected chi connectivity index (χ3v) is 9.40. The molecule has 3 aromatic rings. The molecule has 11 heteroatoms. The van der Waals surface area contributed by atoms with E-state index in [-0.39, 0.29) is 16.5 Å². The average Bonchev–Trinajstić information content (AvgIpc) is 3.40. The lowest BCUT2D eigenvalue weighted by atomic mass is 10.1.